The summed E-state index contributed by atoms with van der Waals surface area (Å²) in [6.45, 7) is 1.50. The Morgan fingerprint density at radius 3 is 2.83 bits per heavy atom. The molecule has 0 spiro atoms. The van der Waals surface area contributed by atoms with Gasteiger partial charge in [-0.25, -0.2) is 0 Å². The van der Waals surface area contributed by atoms with Crippen LogP contribution in [0.25, 0.3) is 0 Å². The zero-order chi connectivity index (χ0) is 9.19. The van der Waals surface area contributed by atoms with Gasteiger partial charge in [-0.15, -0.1) is 8.78 Å². The smallest absolute Gasteiger partial charge is 0.288 e. The molecule has 0 aromatic carbocycles. The highest BCUT2D eigenvalue weighted by Crippen LogP contribution is 2.26. The molecule has 5 heteroatoms. The Bertz CT molecular complexity index is 184. The molecule has 70 valence electrons. The number of hydrogen-bond donors (Lipinski definition) is 0. The summed E-state index contributed by atoms with van der Waals surface area (Å²) in [6, 6.07) is 0. The van der Waals surface area contributed by atoms with Gasteiger partial charge in [-0.3, -0.25) is 9.47 Å². The summed E-state index contributed by atoms with van der Waals surface area (Å²) in [5, 5.41) is 0. The van der Waals surface area contributed by atoms with E-state index in [9.17, 15) is 8.78 Å². The van der Waals surface area contributed by atoms with Gasteiger partial charge in [0.25, 0.3) is 0 Å². The van der Waals surface area contributed by atoms with Crippen molar-refractivity contribution in [2.24, 2.45) is 0 Å². The Hall–Kier alpha value is -0.190. The second-order valence-corrected chi connectivity index (χ2v) is 2.96. The Labute approximate surface area is 74.1 Å². The minimum atomic E-state index is -3.59. The average molecular weight is 199 g/mol. The lowest BCUT2D eigenvalue weighted by Crippen LogP contribution is -2.32. The van der Waals surface area contributed by atoms with Gasteiger partial charge in [-0.1, -0.05) is 23.8 Å². The Balaban J connectivity index is 2.65. The summed E-state index contributed by atoms with van der Waals surface area (Å²) >= 11 is 5.39. The van der Waals surface area contributed by atoms with Crippen molar-refractivity contribution in [1.82, 2.24) is 0 Å². The van der Waals surface area contributed by atoms with E-state index in [-0.39, 0.29) is 6.42 Å². The maximum atomic E-state index is 12.6. The van der Waals surface area contributed by atoms with Crippen LogP contribution in [-0.2, 0) is 9.47 Å². The van der Waals surface area contributed by atoms with Crippen molar-refractivity contribution in [3.8, 4) is 0 Å². The summed E-state index contributed by atoms with van der Waals surface area (Å²) in [6.07, 6.45) is -0.825. The van der Waals surface area contributed by atoms with Crippen LogP contribution in [0.5, 0.6) is 0 Å². The van der Waals surface area contributed by atoms with E-state index in [1.54, 1.807) is 6.08 Å². The van der Waals surface area contributed by atoms with Crippen molar-refractivity contribution >= 4 is 11.6 Å². The molecule has 0 amide bonds. The van der Waals surface area contributed by atoms with Crippen LogP contribution in [-0.4, -0.2) is 18.0 Å². The van der Waals surface area contributed by atoms with Gasteiger partial charge in [0.2, 0.25) is 0 Å². The number of alkyl halides is 3. The van der Waals surface area contributed by atoms with E-state index in [0.717, 1.165) is 0 Å². The zero-order valence-corrected chi connectivity index (χ0v) is 7.22. The number of ether oxygens (including phenoxy) is 2. The standard InChI is InChI=1S/C7H9ClF2O2/c1-5-3-2-4-6(8)12-7(9,10)11-5/h2-3,5-6H,4H2,1H3. The molecular weight excluding hydrogens is 190 g/mol. The lowest BCUT2D eigenvalue weighted by molar-refractivity contribution is -0.405. The molecule has 1 rings (SSSR count). The SMILES string of the molecule is CC1C=CCC(Cl)OC(F)(F)O1. The molecule has 2 unspecified atom stereocenters. The third-order valence-electron chi connectivity index (χ3n) is 1.32. The van der Waals surface area contributed by atoms with Gasteiger partial charge in [0, 0.05) is 6.42 Å². The fraction of sp³-hybridized carbons (Fsp3) is 0.714. The number of halogens is 3. The van der Waals surface area contributed by atoms with Crippen molar-refractivity contribution in [1.29, 1.82) is 0 Å². The minimum absolute atomic E-state index is 0.255. The lowest BCUT2D eigenvalue weighted by Gasteiger charge is -2.23. The molecular formula is C7H9ClF2O2. The fourth-order valence-electron chi connectivity index (χ4n) is 0.858. The molecule has 1 aliphatic heterocycles. The molecule has 1 heterocycles. The summed E-state index contributed by atoms with van der Waals surface area (Å²) in [5.74, 6) is 0. The van der Waals surface area contributed by atoms with E-state index in [1.165, 1.54) is 13.0 Å². The lowest BCUT2D eigenvalue weighted by atomic mass is 10.3. The van der Waals surface area contributed by atoms with Crippen LogP contribution >= 0.6 is 11.6 Å². The maximum Gasteiger partial charge on any atom is 0.487 e. The molecule has 2 nitrogen and oxygen atoms in total. The van der Waals surface area contributed by atoms with Crippen molar-refractivity contribution in [3.05, 3.63) is 12.2 Å². The molecule has 0 N–H and O–H groups in total. The van der Waals surface area contributed by atoms with E-state index >= 15 is 0 Å². The topological polar surface area (TPSA) is 18.5 Å². The van der Waals surface area contributed by atoms with Crippen molar-refractivity contribution < 1.29 is 18.3 Å². The maximum absolute atomic E-state index is 12.6. The predicted octanol–water partition coefficient (Wildman–Crippen LogP) is 2.48. The molecule has 0 fully saturated rings. The molecule has 1 aliphatic rings. The van der Waals surface area contributed by atoms with Gasteiger partial charge < -0.3 is 0 Å². The van der Waals surface area contributed by atoms with Gasteiger partial charge in [0.1, 0.15) is 5.56 Å². The molecule has 0 saturated carbocycles. The largest absolute Gasteiger partial charge is 0.487 e. The van der Waals surface area contributed by atoms with Gasteiger partial charge in [-0.05, 0) is 6.92 Å². The summed E-state index contributed by atoms with van der Waals surface area (Å²) in [4.78, 5) is 0. The Morgan fingerprint density at radius 2 is 2.17 bits per heavy atom. The van der Waals surface area contributed by atoms with Crippen LogP contribution in [0.3, 0.4) is 0 Å². The quantitative estimate of drug-likeness (QED) is 0.440. The van der Waals surface area contributed by atoms with Crippen LogP contribution in [0.2, 0.25) is 0 Å². The Kier molecular flexibility index (Phi) is 3.04. The first-order valence-corrected chi connectivity index (χ1v) is 3.97. The molecule has 0 radical (unpaired) electrons. The van der Waals surface area contributed by atoms with E-state index < -0.39 is 18.0 Å². The summed E-state index contributed by atoms with van der Waals surface area (Å²) in [7, 11) is 0. The van der Waals surface area contributed by atoms with Crippen molar-refractivity contribution in [3.63, 3.8) is 0 Å². The summed E-state index contributed by atoms with van der Waals surface area (Å²) in [5.41, 5.74) is -1.04. The molecule has 12 heavy (non-hydrogen) atoms. The third-order valence-corrected chi connectivity index (χ3v) is 1.58. The van der Waals surface area contributed by atoms with Gasteiger partial charge in [-0.2, -0.15) is 0 Å². The normalized spacial score (nSPS) is 35.7. The fourth-order valence-corrected chi connectivity index (χ4v) is 1.06. The van der Waals surface area contributed by atoms with Crippen LogP contribution < -0.4 is 0 Å². The third kappa shape index (κ3) is 3.05. The highest BCUT2D eigenvalue weighted by molar-refractivity contribution is 6.19. The van der Waals surface area contributed by atoms with E-state index in [2.05, 4.69) is 9.47 Å². The molecule has 2 atom stereocenters. The highest BCUT2D eigenvalue weighted by atomic mass is 35.5. The molecule has 0 aliphatic carbocycles. The molecule has 0 aromatic rings. The zero-order valence-electron chi connectivity index (χ0n) is 6.47. The first-order chi connectivity index (χ1) is 5.49. The van der Waals surface area contributed by atoms with Gasteiger partial charge in [0.15, 0.2) is 0 Å². The van der Waals surface area contributed by atoms with E-state index in [1.807, 2.05) is 0 Å². The van der Waals surface area contributed by atoms with Crippen LogP contribution in [0.15, 0.2) is 12.2 Å². The van der Waals surface area contributed by atoms with E-state index in [0.29, 0.717) is 0 Å². The second-order valence-electron chi connectivity index (χ2n) is 2.48. The first-order valence-electron chi connectivity index (χ1n) is 3.54. The van der Waals surface area contributed by atoms with Crippen LogP contribution in [0.1, 0.15) is 13.3 Å². The second kappa shape index (κ2) is 3.68. The summed E-state index contributed by atoms with van der Waals surface area (Å²) < 4.78 is 33.5. The van der Waals surface area contributed by atoms with Crippen LogP contribution in [0.4, 0.5) is 8.78 Å². The molecule has 0 aromatic heterocycles. The van der Waals surface area contributed by atoms with Crippen molar-refractivity contribution in [2.45, 2.75) is 31.3 Å². The minimum Gasteiger partial charge on any atom is -0.288 e. The highest BCUT2D eigenvalue weighted by Gasteiger charge is 2.37. The monoisotopic (exact) mass is 198 g/mol. The molecule has 0 saturated heterocycles. The predicted molar refractivity (Wildman–Crippen MR) is 40.0 cm³/mol. The number of rotatable bonds is 0. The van der Waals surface area contributed by atoms with Gasteiger partial charge >= 0.3 is 6.29 Å². The van der Waals surface area contributed by atoms with Gasteiger partial charge in [0.05, 0.1) is 6.10 Å². The first kappa shape index (κ1) is 9.89. The van der Waals surface area contributed by atoms with E-state index in [4.69, 9.17) is 11.6 Å². The average Bonchev–Trinajstić information content (AvgIpc) is 1.81. The Morgan fingerprint density at radius 1 is 1.50 bits per heavy atom. The molecule has 0 bridgehead atoms. The van der Waals surface area contributed by atoms with Crippen LogP contribution in [0, 0.1) is 0 Å². The van der Waals surface area contributed by atoms with Crippen molar-refractivity contribution in [2.75, 3.05) is 0 Å². The number of hydrogen-bond acceptors (Lipinski definition) is 2.